The van der Waals surface area contributed by atoms with Crippen LogP contribution in [0.2, 0.25) is 0 Å². The molecule has 160 valence electrons. The molecule has 4 rings (SSSR count). The van der Waals surface area contributed by atoms with Crippen molar-refractivity contribution in [2.24, 2.45) is 0 Å². The van der Waals surface area contributed by atoms with Crippen molar-refractivity contribution < 1.29 is 19.4 Å². The Labute approximate surface area is 186 Å². The predicted octanol–water partition coefficient (Wildman–Crippen LogP) is 4.13. The third-order valence-electron chi connectivity index (χ3n) is 5.53. The summed E-state index contributed by atoms with van der Waals surface area (Å²) in [5, 5.41) is 22.0. The van der Waals surface area contributed by atoms with E-state index in [1.165, 1.54) is 16.7 Å². The molecule has 6 nitrogen and oxygen atoms in total. The van der Waals surface area contributed by atoms with Crippen molar-refractivity contribution in [2.75, 3.05) is 19.0 Å². The van der Waals surface area contributed by atoms with Gasteiger partial charge in [-0.1, -0.05) is 24.3 Å². The maximum Gasteiger partial charge on any atom is 0.231 e. The molecule has 2 aromatic carbocycles. The van der Waals surface area contributed by atoms with E-state index in [0.29, 0.717) is 35.1 Å². The topological polar surface area (TPSA) is 82.8 Å². The van der Waals surface area contributed by atoms with Gasteiger partial charge in [0.2, 0.25) is 5.91 Å². The van der Waals surface area contributed by atoms with E-state index in [1.807, 2.05) is 38.1 Å². The Hall–Kier alpha value is -2.95. The minimum atomic E-state index is -1.49. The van der Waals surface area contributed by atoms with Crippen LogP contribution in [0.3, 0.4) is 0 Å². The highest BCUT2D eigenvalue weighted by Gasteiger charge is 2.51. The monoisotopic (exact) mass is 436 g/mol. The molecule has 0 radical (unpaired) electrons. The lowest BCUT2D eigenvalue weighted by Crippen LogP contribution is -2.48. The Balaban J connectivity index is 1.69. The number of hydrogen-bond acceptors (Lipinski definition) is 6. The lowest BCUT2D eigenvalue weighted by Gasteiger charge is -2.38. The van der Waals surface area contributed by atoms with Gasteiger partial charge in [-0.2, -0.15) is 5.26 Å². The van der Waals surface area contributed by atoms with Crippen LogP contribution in [0.1, 0.15) is 37.3 Å². The van der Waals surface area contributed by atoms with Gasteiger partial charge in [0.15, 0.2) is 5.72 Å². The van der Waals surface area contributed by atoms with Crippen molar-refractivity contribution >= 4 is 17.7 Å². The predicted molar refractivity (Wildman–Crippen MR) is 118 cm³/mol. The summed E-state index contributed by atoms with van der Waals surface area (Å²) in [6, 6.07) is 16.9. The first kappa shape index (κ1) is 21.3. The summed E-state index contributed by atoms with van der Waals surface area (Å²) in [5.41, 5.74) is 0.505. The number of thioether (sulfide) groups is 1. The third-order valence-corrected chi connectivity index (χ3v) is 6.75. The molecule has 1 saturated heterocycles. The lowest BCUT2D eigenvalue weighted by atomic mass is 9.85. The van der Waals surface area contributed by atoms with Crippen LogP contribution in [0, 0.1) is 11.3 Å². The number of amides is 1. The molecule has 0 aromatic heterocycles. The molecule has 0 spiro atoms. The molecule has 1 N–H and O–H groups in total. The normalized spacial score (nSPS) is 22.8. The quantitative estimate of drug-likeness (QED) is 0.733. The molecule has 2 heterocycles. The van der Waals surface area contributed by atoms with Crippen LogP contribution >= 0.6 is 11.8 Å². The van der Waals surface area contributed by atoms with Gasteiger partial charge in [-0.15, -0.1) is 11.8 Å². The third kappa shape index (κ3) is 3.78. The summed E-state index contributed by atoms with van der Waals surface area (Å²) in [4.78, 5) is 14.6. The zero-order valence-corrected chi connectivity index (χ0v) is 18.3. The highest BCUT2D eigenvalue weighted by molar-refractivity contribution is 8.03. The van der Waals surface area contributed by atoms with E-state index in [9.17, 15) is 15.2 Å². The first-order valence-electron chi connectivity index (χ1n) is 10.3. The molecule has 2 aliphatic heterocycles. The average Bonchev–Trinajstić information content (AvgIpc) is 3.14. The van der Waals surface area contributed by atoms with Gasteiger partial charge in [-0.25, -0.2) is 0 Å². The van der Waals surface area contributed by atoms with E-state index in [2.05, 4.69) is 6.07 Å². The second kappa shape index (κ2) is 8.66. The van der Waals surface area contributed by atoms with Crippen LogP contribution in [-0.2, 0) is 10.5 Å². The van der Waals surface area contributed by atoms with Crippen molar-refractivity contribution in [2.45, 2.75) is 31.9 Å². The van der Waals surface area contributed by atoms with Gasteiger partial charge in [0.05, 0.1) is 35.6 Å². The van der Waals surface area contributed by atoms with Gasteiger partial charge in [0.1, 0.15) is 11.5 Å². The Bertz CT molecular complexity index is 1040. The molecular weight excluding hydrogens is 412 g/mol. The summed E-state index contributed by atoms with van der Waals surface area (Å²) in [6.07, 6.45) is 0.125. The summed E-state index contributed by atoms with van der Waals surface area (Å²) < 4.78 is 11.0. The van der Waals surface area contributed by atoms with Crippen LogP contribution in [0.15, 0.2) is 59.1 Å². The van der Waals surface area contributed by atoms with Gasteiger partial charge in [0.25, 0.3) is 0 Å². The second-order valence-corrected chi connectivity index (χ2v) is 8.35. The summed E-state index contributed by atoms with van der Waals surface area (Å²) >= 11 is 1.34. The van der Waals surface area contributed by atoms with Crippen LogP contribution in [0.25, 0.3) is 0 Å². The molecular formula is C24H24N2O4S. The fraction of sp³-hybridized carbons (Fsp3) is 0.333. The van der Waals surface area contributed by atoms with Crippen molar-refractivity contribution in [3.05, 3.63) is 70.3 Å². The molecule has 0 bridgehead atoms. The molecule has 0 saturated carbocycles. The number of aliphatic hydroxyl groups is 1. The zero-order valence-electron chi connectivity index (χ0n) is 17.5. The smallest absolute Gasteiger partial charge is 0.231 e. The SMILES string of the molecule is CCOc1ccc([C@@H]2CC(=O)N3C(=C2C#N)SC[C@@]3(O)c2ccc(OCC)cc2)cc1. The molecule has 1 amide bonds. The number of rotatable bonds is 6. The van der Waals surface area contributed by atoms with E-state index >= 15 is 0 Å². The van der Waals surface area contributed by atoms with Crippen LogP contribution in [-0.4, -0.2) is 34.9 Å². The molecule has 0 unspecified atom stereocenters. The Morgan fingerprint density at radius 2 is 1.68 bits per heavy atom. The average molecular weight is 437 g/mol. The van der Waals surface area contributed by atoms with Crippen LogP contribution in [0.5, 0.6) is 11.5 Å². The highest BCUT2D eigenvalue weighted by atomic mass is 32.2. The number of benzene rings is 2. The minimum Gasteiger partial charge on any atom is -0.494 e. The largest absolute Gasteiger partial charge is 0.494 e. The minimum absolute atomic E-state index is 0.125. The van der Waals surface area contributed by atoms with Crippen LogP contribution in [0.4, 0.5) is 0 Å². The first-order valence-corrected chi connectivity index (χ1v) is 11.3. The fourth-order valence-corrected chi connectivity index (χ4v) is 5.43. The lowest BCUT2D eigenvalue weighted by molar-refractivity contribution is -0.149. The molecule has 2 atom stereocenters. The van der Waals surface area contributed by atoms with E-state index < -0.39 is 5.72 Å². The number of hydrogen-bond donors (Lipinski definition) is 1. The Kier molecular flexibility index (Phi) is 5.94. The number of allylic oxidation sites excluding steroid dienone is 1. The summed E-state index contributed by atoms with van der Waals surface area (Å²) in [5.74, 6) is 1.18. The van der Waals surface area contributed by atoms with Gasteiger partial charge >= 0.3 is 0 Å². The highest BCUT2D eigenvalue weighted by Crippen LogP contribution is 2.51. The summed E-state index contributed by atoms with van der Waals surface area (Å²) in [7, 11) is 0. The maximum absolute atomic E-state index is 13.2. The zero-order chi connectivity index (χ0) is 22.0. The number of carbonyl (C=O) groups excluding carboxylic acids is 1. The molecule has 7 heteroatoms. The van der Waals surface area contributed by atoms with E-state index in [4.69, 9.17) is 9.47 Å². The van der Waals surface area contributed by atoms with Crippen molar-refractivity contribution in [1.82, 2.24) is 4.90 Å². The Morgan fingerprint density at radius 1 is 1.10 bits per heavy atom. The number of nitriles is 1. The fourth-order valence-electron chi connectivity index (χ4n) is 4.07. The number of carbonyl (C=O) groups is 1. The Morgan fingerprint density at radius 3 is 2.23 bits per heavy atom. The standard InChI is InChI=1S/C24H24N2O4S/c1-3-29-18-9-5-16(6-10-18)20-13-22(27)26-23(21(20)14-25)31-15-24(26,28)17-7-11-19(12-8-17)30-4-2/h5-12,20,28H,3-4,13,15H2,1-2H3/t20-,24+/m0/s1. The van der Waals surface area contributed by atoms with Gasteiger partial charge in [-0.05, 0) is 43.7 Å². The summed E-state index contributed by atoms with van der Waals surface area (Å²) in [6.45, 7) is 4.95. The van der Waals surface area contributed by atoms with Crippen molar-refractivity contribution in [3.63, 3.8) is 0 Å². The number of ether oxygens (including phenoxy) is 2. The molecule has 2 aromatic rings. The van der Waals surface area contributed by atoms with Crippen molar-refractivity contribution in [1.29, 1.82) is 5.26 Å². The molecule has 0 aliphatic carbocycles. The number of nitrogens with zero attached hydrogens (tertiary/aromatic N) is 2. The molecule has 31 heavy (non-hydrogen) atoms. The van der Waals surface area contributed by atoms with Gasteiger partial charge < -0.3 is 14.6 Å². The van der Waals surface area contributed by atoms with Gasteiger partial charge in [0, 0.05) is 17.9 Å². The molecule has 1 fully saturated rings. The van der Waals surface area contributed by atoms with Crippen molar-refractivity contribution in [3.8, 4) is 17.6 Å². The van der Waals surface area contributed by atoms with Gasteiger partial charge in [-0.3, -0.25) is 9.69 Å². The van der Waals surface area contributed by atoms with Crippen LogP contribution < -0.4 is 9.47 Å². The first-order chi connectivity index (χ1) is 15.0. The second-order valence-electron chi connectivity index (χ2n) is 7.38. The maximum atomic E-state index is 13.2. The molecule has 2 aliphatic rings. The van der Waals surface area contributed by atoms with E-state index in [1.54, 1.807) is 24.3 Å². The van der Waals surface area contributed by atoms with E-state index in [-0.39, 0.29) is 24.0 Å². The number of fused-ring (bicyclic) bond motifs is 1. The van der Waals surface area contributed by atoms with E-state index in [0.717, 1.165) is 11.3 Å².